The molecule has 0 radical (unpaired) electrons. The molecule has 0 spiro atoms. The van der Waals surface area contributed by atoms with Crippen LogP contribution >= 0.6 is 0 Å². The third kappa shape index (κ3) is 4.83. The molecular weight excluding hydrogens is 540 g/mol. The quantitative estimate of drug-likeness (QED) is 0.195. The van der Waals surface area contributed by atoms with Crippen molar-refractivity contribution in [1.29, 1.82) is 0 Å². The van der Waals surface area contributed by atoms with Crippen LogP contribution in [0.25, 0.3) is 64.6 Å². The minimum atomic E-state index is 0.0886. The van der Waals surface area contributed by atoms with Gasteiger partial charge in [0.2, 0.25) is 11.8 Å². The zero-order valence-electron chi connectivity index (χ0n) is 25.0. The topological polar surface area (TPSA) is 58.2 Å². The van der Waals surface area contributed by atoms with Gasteiger partial charge in [-0.25, -0.2) is 0 Å². The molecule has 0 saturated carbocycles. The second-order valence-electron chi connectivity index (χ2n) is 11.4. The fourth-order valence-electron chi connectivity index (χ4n) is 6.54. The number of hydrogen-bond donors (Lipinski definition) is 2. The number of hydrogen-bond acceptors (Lipinski definition) is 2. The summed E-state index contributed by atoms with van der Waals surface area (Å²) >= 11 is 0. The highest BCUT2D eigenvalue weighted by Gasteiger charge is 2.12. The Bertz CT molecular complexity index is 2110. The van der Waals surface area contributed by atoms with Gasteiger partial charge in [0.05, 0.1) is 0 Å². The minimum Gasteiger partial charge on any atom is -0.352 e. The van der Waals surface area contributed by atoms with E-state index in [9.17, 15) is 9.59 Å². The molecule has 0 unspecified atom stereocenters. The highest BCUT2D eigenvalue weighted by Crippen LogP contribution is 2.37. The maximum absolute atomic E-state index is 11.5. The molecule has 0 bridgehead atoms. The summed E-state index contributed by atoms with van der Waals surface area (Å²) < 4.78 is 0. The molecule has 4 nitrogen and oxygen atoms in total. The van der Waals surface area contributed by atoms with Crippen LogP contribution < -0.4 is 10.6 Å². The zero-order valence-corrected chi connectivity index (χ0v) is 25.0. The molecule has 0 aliphatic carbocycles. The maximum Gasteiger partial charge on any atom is 0.219 e. The van der Waals surface area contributed by atoms with Gasteiger partial charge in [0.1, 0.15) is 0 Å². The van der Waals surface area contributed by atoms with Gasteiger partial charge in [0.25, 0.3) is 0 Å². The number of carbonyl (C=O) groups excluding carboxylic acids is 2. The molecule has 44 heavy (non-hydrogen) atoms. The van der Waals surface area contributed by atoms with E-state index in [1.807, 2.05) is 13.8 Å². The van der Waals surface area contributed by atoms with Crippen molar-refractivity contribution in [2.75, 3.05) is 0 Å². The standard InChI is InChI=1S/2C20H17NO/c2*1-2-18(22)21-12-16-9-8-15-7-6-13-4-3-5-14-10-11-17(16)20(15)19(13)14/h2*3-11H,2,12H2,1H3,(H,21,22). The summed E-state index contributed by atoms with van der Waals surface area (Å²) in [5.41, 5.74) is 2.35. The van der Waals surface area contributed by atoms with Crippen LogP contribution in [-0.2, 0) is 22.7 Å². The van der Waals surface area contributed by atoms with E-state index in [1.165, 1.54) is 75.8 Å². The van der Waals surface area contributed by atoms with E-state index >= 15 is 0 Å². The van der Waals surface area contributed by atoms with Crippen molar-refractivity contribution in [3.8, 4) is 0 Å². The highest BCUT2D eigenvalue weighted by molar-refractivity contribution is 6.24. The normalized spacial score (nSPS) is 11.5. The van der Waals surface area contributed by atoms with Gasteiger partial charge in [-0.15, -0.1) is 0 Å². The van der Waals surface area contributed by atoms with Crippen LogP contribution in [-0.4, -0.2) is 11.8 Å². The Morgan fingerprint density at radius 2 is 0.750 bits per heavy atom. The lowest BCUT2D eigenvalue weighted by Gasteiger charge is -2.14. The fourth-order valence-corrected chi connectivity index (χ4v) is 6.54. The maximum atomic E-state index is 11.5. The predicted octanol–water partition coefficient (Wildman–Crippen LogP) is 9.22. The Balaban J connectivity index is 0.000000142. The van der Waals surface area contributed by atoms with Crippen LogP contribution in [0.4, 0.5) is 0 Å². The summed E-state index contributed by atoms with van der Waals surface area (Å²) in [5.74, 6) is 0.177. The predicted molar refractivity (Wildman–Crippen MR) is 185 cm³/mol. The van der Waals surface area contributed by atoms with E-state index in [1.54, 1.807) is 0 Å². The number of carbonyl (C=O) groups is 2. The third-order valence-electron chi connectivity index (χ3n) is 8.83. The van der Waals surface area contributed by atoms with Gasteiger partial charge in [-0.3, -0.25) is 9.59 Å². The van der Waals surface area contributed by atoms with Crippen molar-refractivity contribution in [1.82, 2.24) is 10.6 Å². The van der Waals surface area contributed by atoms with Gasteiger partial charge < -0.3 is 10.6 Å². The molecule has 0 aromatic heterocycles. The average molecular weight is 575 g/mol. The van der Waals surface area contributed by atoms with Crippen molar-refractivity contribution in [2.45, 2.75) is 39.8 Å². The van der Waals surface area contributed by atoms with Crippen molar-refractivity contribution in [3.05, 3.63) is 120 Å². The fraction of sp³-hybridized carbons (Fsp3) is 0.150. The first-order chi connectivity index (χ1) is 21.6. The summed E-state index contributed by atoms with van der Waals surface area (Å²) in [6.45, 7) is 4.92. The third-order valence-corrected chi connectivity index (χ3v) is 8.83. The second-order valence-corrected chi connectivity index (χ2v) is 11.4. The van der Waals surface area contributed by atoms with Gasteiger partial charge in [-0.05, 0) is 75.8 Å². The Hall–Kier alpha value is -5.22. The van der Waals surface area contributed by atoms with Crippen molar-refractivity contribution in [3.63, 3.8) is 0 Å². The van der Waals surface area contributed by atoms with E-state index in [-0.39, 0.29) is 11.8 Å². The van der Waals surface area contributed by atoms with Crippen LogP contribution in [0.2, 0.25) is 0 Å². The first-order valence-electron chi connectivity index (χ1n) is 15.4. The lowest BCUT2D eigenvalue weighted by Crippen LogP contribution is -2.21. The van der Waals surface area contributed by atoms with Gasteiger partial charge in [-0.2, -0.15) is 0 Å². The summed E-state index contributed by atoms with van der Waals surface area (Å²) in [4.78, 5) is 23.1. The molecule has 0 heterocycles. The van der Waals surface area contributed by atoms with Crippen LogP contribution in [0.3, 0.4) is 0 Å². The zero-order chi connectivity index (χ0) is 30.2. The monoisotopic (exact) mass is 574 g/mol. The van der Waals surface area contributed by atoms with Crippen molar-refractivity contribution >= 4 is 76.4 Å². The molecule has 0 fully saturated rings. The smallest absolute Gasteiger partial charge is 0.219 e. The highest BCUT2D eigenvalue weighted by atomic mass is 16.2. The largest absolute Gasteiger partial charge is 0.352 e. The van der Waals surface area contributed by atoms with Gasteiger partial charge in [0.15, 0.2) is 0 Å². The van der Waals surface area contributed by atoms with Crippen molar-refractivity contribution in [2.24, 2.45) is 0 Å². The SMILES string of the molecule is CCC(=O)NCc1ccc2ccc3cccc4ccc1c2c34.CCC(=O)NCc1ccc2ccc3cccc4ccc1c2c34. The first kappa shape index (κ1) is 27.6. The molecule has 8 aromatic carbocycles. The molecule has 2 amide bonds. The minimum absolute atomic E-state index is 0.0886. The second kappa shape index (κ2) is 11.5. The number of rotatable bonds is 6. The van der Waals surface area contributed by atoms with Crippen LogP contribution in [0, 0.1) is 0 Å². The van der Waals surface area contributed by atoms with E-state index in [2.05, 4.69) is 120 Å². The van der Waals surface area contributed by atoms with Crippen molar-refractivity contribution < 1.29 is 9.59 Å². The van der Waals surface area contributed by atoms with E-state index in [4.69, 9.17) is 0 Å². The van der Waals surface area contributed by atoms with E-state index < -0.39 is 0 Å². The summed E-state index contributed by atoms with van der Waals surface area (Å²) in [6.07, 6.45) is 1.04. The molecule has 4 heteroatoms. The van der Waals surface area contributed by atoms with Crippen LogP contribution in [0.5, 0.6) is 0 Å². The van der Waals surface area contributed by atoms with E-state index in [0.29, 0.717) is 25.9 Å². The Morgan fingerprint density at radius 1 is 0.432 bits per heavy atom. The molecule has 8 aromatic rings. The summed E-state index contributed by atoms with van der Waals surface area (Å²) in [6, 6.07) is 38.8. The molecule has 0 atom stereocenters. The molecule has 0 aliphatic heterocycles. The van der Waals surface area contributed by atoms with Gasteiger partial charge in [0, 0.05) is 25.9 Å². The number of amides is 2. The first-order valence-corrected chi connectivity index (χ1v) is 15.4. The lowest BCUT2D eigenvalue weighted by atomic mass is 9.92. The summed E-state index contributed by atoms with van der Waals surface area (Å²) in [7, 11) is 0. The van der Waals surface area contributed by atoms with Gasteiger partial charge >= 0.3 is 0 Å². The summed E-state index contributed by atoms with van der Waals surface area (Å²) in [5, 5.41) is 21.3. The molecular formula is C40H34N2O2. The number of benzene rings is 8. The molecule has 216 valence electrons. The van der Waals surface area contributed by atoms with Gasteiger partial charge in [-0.1, -0.05) is 123 Å². The molecule has 0 saturated heterocycles. The van der Waals surface area contributed by atoms with Crippen LogP contribution in [0.1, 0.15) is 37.8 Å². The Morgan fingerprint density at radius 3 is 1.11 bits per heavy atom. The Kier molecular flexibility index (Phi) is 7.19. The van der Waals surface area contributed by atoms with E-state index in [0.717, 1.165) is 0 Å². The Labute approximate surface area is 256 Å². The molecule has 8 rings (SSSR count). The number of nitrogens with one attached hydrogen (secondary N) is 2. The lowest BCUT2D eigenvalue weighted by molar-refractivity contribution is -0.121. The van der Waals surface area contributed by atoms with Crippen LogP contribution in [0.15, 0.2) is 109 Å². The molecule has 0 aliphatic rings. The average Bonchev–Trinajstić information content (AvgIpc) is 3.08. The molecule has 2 N–H and O–H groups in total.